The van der Waals surface area contributed by atoms with Crippen LogP contribution in [0.3, 0.4) is 0 Å². The van der Waals surface area contributed by atoms with Gasteiger partial charge in [-0.25, -0.2) is 13.8 Å². The molecule has 0 radical (unpaired) electrons. The smallest absolute Gasteiger partial charge is 0.261 e. The highest BCUT2D eigenvalue weighted by molar-refractivity contribution is 7.22. The topological polar surface area (TPSA) is 45.7 Å². The standard InChI is InChI=1S/C21H20ClF2N3O2S.ClH/c22-16-13-14(23)5-6-15(16)20(28)27(8-2-7-26-9-11-29-12-10-26)21-25-19-17(24)3-1-4-18(19)30-21;/h1,3-6,13H,2,7-12H2;1H. The summed E-state index contributed by atoms with van der Waals surface area (Å²) < 4.78 is 33.6. The van der Waals surface area contributed by atoms with Gasteiger partial charge in [0, 0.05) is 26.2 Å². The molecule has 0 saturated carbocycles. The number of nitrogens with zero attached hydrogens (tertiary/aromatic N) is 3. The van der Waals surface area contributed by atoms with Crippen molar-refractivity contribution in [2.24, 2.45) is 0 Å². The van der Waals surface area contributed by atoms with Crippen LogP contribution in [0.4, 0.5) is 13.9 Å². The molecule has 5 nitrogen and oxygen atoms in total. The number of carbonyl (C=O) groups is 1. The van der Waals surface area contributed by atoms with Crippen LogP contribution in [-0.2, 0) is 4.74 Å². The second kappa shape index (κ2) is 10.7. The molecule has 1 fully saturated rings. The summed E-state index contributed by atoms with van der Waals surface area (Å²) in [7, 11) is 0. The molecule has 1 amide bonds. The normalized spacial score (nSPS) is 14.4. The van der Waals surface area contributed by atoms with Crippen molar-refractivity contribution < 1.29 is 18.3 Å². The lowest BCUT2D eigenvalue weighted by Gasteiger charge is -2.27. The van der Waals surface area contributed by atoms with E-state index in [2.05, 4.69) is 9.88 Å². The third kappa shape index (κ3) is 5.51. The monoisotopic (exact) mass is 487 g/mol. The minimum Gasteiger partial charge on any atom is -0.379 e. The van der Waals surface area contributed by atoms with Crippen LogP contribution in [-0.4, -0.2) is 55.2 Å². The van der Waals surface area contributed by atoms with Crippen molar-refractivity contribution >= 4 is 56.6 Å². The fourth-order valence-electron chi connectivity index (χ4n) is 3.39. The molecular weight excluding hydrogens is 467 g/mol. The van der Waals surface area contributed by atoms with Crippen molar-refractivity contribution in [2.75, 3.05) is 44.3 Å². The number of rotatable bonds is 6. The second-order valence-electron chi connectivity index (χ2n) is 6.97. The summed E-state index contributed by atoms with van der Waals surface area (Å²) in [5.41, 5.74) is 0.415. The van der Waals surface area contributed by atoms with Crippen LogP contribution < -0.4 is 4.90 Å². The predicted octanol–water partition coefficient (Wildman–Crippen LogP) is 5.02. The zero-order valence-electron chi connectivity index (χ0n) is 16.5. The SMILES string of the molecule is Cl.O=C(c1ccc(F)cc1Cl)N(CCCN1CCOCC1)c1nc2c(F)cccc2s1. The van der Waals surface area contributed by atoms with E-state index in [1.165, 1.54) is 34.4 Å². The molecule has 1 saturated heterocycles. The predicted molar refractivity (Wildman–Crippen MR) is 122 cm³/mol. The molecule has 0 N–H and O–H groups in total. The van der Waals surface area contributed by atoms with E-state index < -0.39 is 11.6 Å². The van der Waals surface area contributed by atoms with Crippen LogP contribution in [0.2, 0.25) is 5.02 Å². The van der Waals surface area contributed by atoms with Gasteiger partial charge in [0.15, 0.2) is 5.13 Å². The summed E-state index contributed by atoms with van der Waals surface area (Å²) in [5.74, 6) is -1.34. The molecule has 166 valence electrons. The number of morpholine rings is 1. The molecule has 2 aromatic carbocycles. The molecule has 4 rings (SSSR count). The maximum absolute atomic E-state index is 14.1. The molecule has 2 heterocycles. The number of halogens is 4. The second-order valence-corrected chi connectivity index (χ2v) is 8.39. The molecule has 3 aromatic rings. The Kier molecular flexibility index (Phi) is 8.18. The van der Waals surface area contributed by atoms with E-state index in [1.54, 1.807) is 12.1 Å². The maximum Gasteiger partial charge on any atom is 0.261 e. The summed E-state index contributed by atoms with van der Waals surface area (Å²) in [5, 5.41) is 0.424. The number of hydrogen-bond donors (Lipinski definition) is 0. The van der Waals surface area contributed by atoms with Gasteiger partial charge < -0.3 is 4.74 Å². The average Bonchev–Trinajstić information content (AvgIpc) is 3.17. The zero-order valence-corrected chi connectivity index (χ0v) is 18.9. The summed E-state index contributed by atoms with van der Waals surface area (Å²) >= 11 is 7.37. The minimum atomic E-state index is -0.516. The lowest BCUT2D eigenvalue weighted by Crippen LogP contribution is -2.39. The summed E-state index contributed by atoms with van der Waals surface area (Å²) in [4.78, 5) is 21.4. The lowest BCUT2D eigenvalue weighted by molar-refractivity contribution is 0.0376. The van der Waals surface area contributed by atoms with Crippen LogP contribution >= 0.6 is 35.3 Å². The number of para-hydroxylation sites is 1. The first-order valence-electron chi connectivity index (χ1n) is 9.65. The van der Waals surface area contributed by atoms with Gasteiger partial charge in [-0.15, -0.1) is 12.4 Å². The highest BCUT2D eigenvalue weighted by Crippen LogP contribution is 2.32. The minimum absolute atomic E-state index is 0. The van der Waals surface area contributed by atoms with E-state index in [9.17, 15) is 13.6 Å². The quantitative estimate of drug-likeness (QED) is 0.489. The van der Waals surface area contributed by atoms with E-state index in [-0.39, 0.29) is 34.4 Å². The highest BCUT2D eigenvalue weighted by atomic mass is 35.5. The number of thiazole rings is 1. The Hall–Kier alpha value is -1.84. The molecule has 0 unspecified atom stereocenters. The number of carbonyl (C=O) groups excluding carboxylic acids is 1. The van der Waals surface area contributed by atoms with Crippen molar-refractivity contribution in [3.05, 3.63) is 58.6 Å². The number of hydrogen-bond acceptors (Lipinski definition) is 5. The van der Waals surface area contributed by atoms with Crippen LogP contribution in [0.1, 0.15) is 16.8 Å². The Morgan fingerprint density at radius 2 is 2.00 bits per heavy atom. The van der Waals surface area contributed by atoms with Crippen LogP contribution in [0.25, 0.3) is 10.2 Å². The summed E-state index contributed by atoms with van der Waals surface area (Å²) in [6.07, 6.45) is 0.697. The van der Waals surface area contributed by atoms with Gasteiger partial charge in [0.25, 0.3) is 5.91 Å². The van der Waals surface area contributed by atoms with Gasteiger partial charge in [0.1, 0.15) is 17.2 Å². The Morgan fingerprint density at radius 1 is 1.23 bits per heavy atom. The van der Waals surface area contributed by atoms with Crippen molar-refractivity contribution in [3.63, 3.8) is 0 Å². The van der Waals surface area contributed by atoms with Crippen LogP contribution in [0, 0.1) is 11.6 Å². The van der Waals surface area contributed by atoms with Crippen LogP contribution in [0.5, 0.6) is 0 Å². The van der Waals surface area contributed by atoms with E-state index in [0.717, 1.165) is 25.7 Å². The first-order valence-corrected chi connectivity index (χ1v) is 10.8. The van der Waals surface area contributed by atoms with Gasteiger partial charge >= 0.3 is 0 Å². The van der Waals surface area contributed by atoms with Crippen molar-refractivity contribution in [3.8, 4) is 0 Å². The molecule has 0 aliphatic carbocycles. The molecule has 0 atom stereocenters. The van der Waals surface area contributed by atoms with Crippen molar-refractivity contribution in [1.82, 2.24) is 9.88 Å². The summed E-state index contributed by atoms with van der Waals surface area (Å²) in [6, 6.07) is 8.39. The van der Waals surface area contributed by atoms with E-state index in [0.29, 0.717) is 36.0 Å². The zero-order chi connectivity index (χ0) is 21.1. The first kappa shape index (κ1) is 23.8. The van der Waals surface area contributed by atoms with Gasteiger partial charge in [-0.1, -0.05) is 29.0 Å². The first-order chi connectivity index (χ1) is 14.5. The third-order valence-electron chi connectivity index (χ3n) is 4.96. The van der Waals surface area contributed by atoms with Gasteiger partial charge in [0.2, 0.25) is 0 Å². The Balaban J connectivity index is 0.00000272. The third-order valence-corrected chi connectivity index (χ3v) is 6.31. The Bertz CT molecular complexity index is 1060. The number of aromatic nitrogens is 1. The molecule has 1 aliphatic heterocycles. The van der Waals surface area contributed by atoms with Crippen LogP contribution in [0.15, 0.2) is 36.4 Å². The number of ether oxygens (including phenoxy) is 1. The molecule has 1 aliphatic rings. The fraction of sp³-hybridized carbons (Fsp3) is 0.333. The number of fused-ring (bicyclic) bond motifs is 1. The Morgan fingerprint density at radius 3 is 2.71 bits per heavy atom. The number of benzene rings is 2. The maximum atomic E-state index is 14.1. The van der Waals surface area contributed by atoms with Gasteiger partial charge in [-0.05, 0) is 36.8 Å². The Labute approximate surface area is 194 Å². The van der Waals surface area contributed by atoms with E-state index in [1.807, 2.05) is 0 Å². The molecule has 31 heavy (non-hydrogen) atoms. The molecule has 10 heteroatoms. The largest absolute Gasteiger partial charge is 0.379 e. The molecule has 1 aromatic heterocycles. The molecular formula is C21H21Cl2F2N3O2S. The fourth-order valence-corrected chi connectivity index (χ4v) is 4.64. The molecule has 0 spiro atoms. The average molecular weight is 488 g/mol. The van der Waals surface area contributed by atoms with E-state index >= 15 is 0 Å². The van der Waals surface area contributed by atoms with Crippen molar-refractivity contribution in [1.29, 1.82) is 0 Å². The summed E-state index contributed by atoms with van der Waals surface area (Å²) in [6.45, 7) is 4.28. The molecule has 0 bridgehead atoms. The van der Waals surface area contributed by atoms with Crippen molar-refractivity contribution in [2.45, 2.75) is 6.42 Å². The number of anilines is 1. The number of amides is 1. The van der Waals surface area contributed by atoms with Gasteiger partial charge in [0.05, 0.1) is 28.5 Å². The van der Waals surface area contributed by atoms with Gasteiger partial charge in [-0.2, -0.15) is 0 Å². The lowest BCUT2D eigenvalue weighted by atomic mass is 10.2. The highest BCUT2D eigenvalue weighted by Gasteiger charge is 2.24. The van der Waals surface area contributed by atoms with E-state index in [4.69, 9.17) is 16.3 Å². The van der Waals surface area contributed by atoms with Gasteiger partial charge in [-0.3, -0.25) is 14.6 Å².